The fraction of sp³-hybridized carbons (Fsp3) is 0.292. The molecule has 2 N–H and O–H groups in total. The molecule has 0 radical (unpaired) electrons. The molecule has 2 amide bonds. The van der Waals surface area contributed by atoms with Crippen LogP contribution in [0, 0.1) is 12.8 Å². The summed E-state index contributed by atoms with van der Waals surface area (Å²) in [6, 6.07) is 14.8. The molecule has 2 aromatic carbocycles. The van der Waals surface area contributed by atoms with Crippen LogP contribution in [-0.2, 0) is 9.59 Å². The summed E-state index contributed by atoms with van der Waals surface area (Å²) in [5, 5.41) is 8.28. The first kappa shape index (κ1) is 25.4. The molecule has 1 saturated heterocycles. The van der Waals surface area contributed by atoms with E-state index in [2.05, 4.69) is 22.4 Å². The number of allylic oxidation sites excluding steroid dienone is 1. The van der Waals surface area contributed by atoms with Gasteiger partial charge in [-0.1, -0.05) is 47.5 Å². The SMILES string of the molecule is C=CC.Cc1cccc(Cl)c1.O=C1CN2CC(C(=O)Nc3cccc(Cl)c3)CCC2=NN1. The van der Waals surface area contributed by atoms with E-state index in [1.165, 1.54) is 5.56 Å². The number of amidine groups is 1. The van der Waals surface area contributed by atoms with Crippen molar-refractivity contribution < 1.29 is 9.59 Å². The number of hydrogen-bond acceptors (Lipinski definition) is 4. The zero-order chi connectivity index (χ0) is 23.5. The molecule has 2 aromatic rings. The number of anilines is 1. The molecule has 2 aliphatic rings. The van der Waals surface area contributed by atoms with Crippen LogP contribution in [0.3, 0.4) is 0 Å². The lowest BCUT2D eigenvalue weighted by molar-refractivity contribution is -0.124. The first-order valence-corrected chi connectivity index (χ1v) is 11.0. The Kier molecular flexibility index (Phi) is 10.2. The van der Waals surface area contributed by atoms with Gasteiger partial charge in [0, 0.05) is 28.7 Å². The van der Waals surface area contributed by atoms with Gasteiger partial charge in [0.15, 0.2) is 0 Å². The molecule has 0 aromatic heterocycles. The summed E-state index contributed by atoms with van der Waals surface area (Å²) < 4.78 is 0. The Labute approximate surface area is 199 Å². The zero-order valence-corrected chi connectivity index (χ0v) is 19.8. The Balaban J connectivity index is 0.000000274. The van der Waals surface area contributed by atoms with Crippen LogP contribution in [0.2, 0.25) is 10.0 Å². The molecule has 0 aliphatic carbocycles. The van der Waals surface area contributed by atoms with Crippen LogP contribution in [0.25, 0.3) is 0 Å². The molecule has 0 spiro atoms. The Bertz CT molecular complexity index is 961. The van der Waals surface area contributed by atoms with E-state index in [0.29, 0.717) is 23.7 Å². The van der Waals surface area contributed by atoms with Crippen molar-refractivity contribution in [3.05, 3.63) is 76.8 Å². The van der Waals surface area contributed by atoms with Crippen LogP contribution in [0.15, 0.2) is 66.3 Å². The van der Waals surface area contributed by atoms with Crippen molar-refractivity contribution in [3.63, 3.8) is 0 Å². The van der Waals surface area contributed by atoms with Crippen LogP contribution in [-0.4, -0.2) is 35.6 Å². The van der Waals surface area contributed by atoms with E-state index in [0.717, 1.165) is 17.3 Å². The highest BCUT2D eigenvalue weighted by Crippen LogP contribution is 2.22. The maximum atomic E-state index is 12.3. The third-order valence-electron chi connectivity index (χ3n) is 4.61. The number of aryl methyl sites for hydroxylation is 1. The first-order valence-electron chi connectivity index (χ1n) is 10.3. The number of benzene rings is 2. The summed E-state index contributed by atoms with van der Waals surface area (Å²) in [7, 11) is 0. The molecule has 170 valence electrons. The van der Waals surface area contributed by atoms with Crippen molar-refractivity contribution in [2.75, 3.05) is 18.4 Å². The number of amides is 2. The quantitative estimate of drug-likeness (QED) is 0.581. The van der Waals surface area contributed by atoms with Gasteiger partial charge in [-0.2, -0.15) is 5.10 Å². The van der Waals surface area contributed by atoms with Gasteiger partial charge in [-0.3, -0.25) is 9.59 Å². The summed E-state index contributed by atoms with van der Waals surface area (Å²) in [4.78, 5) is 25.5. The lowest BCUT2D eigenvalue weighted by atomic mass is 9.96. The van der Waals surface area contributed by atoms with E-state index in [9.17, 15) is 9.59 Å². The number of carbonyl (C=O) groups excluding carboxylic acids is 2. The highest BCUT2D eigenvalue weighted by atomic mass is 35.5. The van der Waals surface area contributed by atoms with E-state index in [1.807, 2.05) is 43.0 Å². The molecule has 1 fully saturated rings. The van der Waals surface area contributed by atoms with Gasteiger partial charge >= 0.3 is 0 Å². The molecular formula is C24H28Cl2N4O2. The minimum atomic E-state index is -0.158. The van der Waals surface area contributed by atoms with E-state index >= 15 is 0 Å². The van der Waals surface area contributed by atoms with Gasteiger partial charge in [-0.15, -0.1) is 6.58 Å². The molecule has 1 atom stereocenters. The molecule has 0 saturated carbocycles. The number of hydrazone groups is 1. The molecule has 2 aliphatic heterocycles. The molecule has 4 rings (SSSR count). The maximum Gasteiger partial charge on any atom is 0.259 e. The second kappa shape index (κ2) is 12.9. The van der Waals surface area contributed by atoms with Crippen molar-refractivity contribution >= 4 is 46.5 Å². The molecule has 8 heteroatoms. The third-order valence-corrected chi connectivity index (χ3v) is 5.08. The summed E-state index contributed by atoms with van der Waals surface area (Å²) >= 11 is 11.5. The second-order valence-electron chi connectivity index (χ2n) is 7.39. The lowest BCUT2D eigenvalue weighted by Gasteiger charge is -2.35. The summed E-state index contributed by atoms with van der Waals surface area (Å²) in [6.07, 6.45) is 3.16. The van der Waals surface area contributed by atoms with Crippen molar-refractivity contribution in [2.45, 2.75) is 26.7 Å². The van der Waals surface area contributed by atoms with E-state index in [4.69, 9.17) is 23.2 Å². The predicted octanol–water partition coefficient (Wildman–Crippen LogP) is 5.27. The Morgan fingerprint density at radius 1 is 1.22 bits per heavy atom. The monoisotopic (exact) mass is 474 g/mol. The Hall–Kier alpha value is -2.83. The highest BCUT2D eigenvalue weighted by Gasteiger charge is 2.32. The number of nitrogens with one attached hydrogen (secondary N) is 2. The van der Waals surface area contributed by atoms with E-state index in [-0.39, 0.29) is 24.3 Å². The van der Waals surface area contributed by atoms with Crippen LogP contribution in [0.1, 0.15) is 25.3 Å². The first-order chi connectivity index (χ1) is 15.3. The van der Waals surface area contributed by atoms with E-state index in [1.54, 1.807) is 30.3 Å². The Morgan fingerprint density at radius 3 is 2.47 bits per heavy atom. The molecule has 32 heavy (non-hydrogen) atoms. The van der Waals surface area contributed by atoms with Crippen molar-refractivity contribution in [2.24, 2.45) is 11.0 Å². The number of nitrogens with zero attached hydrogens (tertiary/aromatic N) is 2. The minimum absolute atomic E-state index is 0.0534. The number of rotatable bonds is 2. The molecule has 2 heterocycles. The summed E-state index contributed by atoms with van der Waals surface area (Å²) in [5.74, 6) is 0.493. The number of halogens is 2. The average Bonchev–Trinajstić information content (AvgIpc) is 2.74. The smallest absolute Gasteiger partial charge is 0.259 e. The summed E-state index contributed by atoms with van der Waals surface area (Å²) in [6.45, 7) is 8.05. The molecular weight excluding hydrogens is 447 g/mol. The van der Waals surface area contributed by atoms with Crippen molar-refractivity contribution in [1.82, 2.24) is 10.3 Å². The van der Waals surface area contributed by atoms with Gasteiger partial charge < -0.3 is 10.2 Å². The number of hydrogen-bond donors (Lipinski definition) is 2. The maximum absolute atomic E-state index is 12.3. The van der Waals surface area contributed by atoms with Crippen LogP contribution in [0.5, 0.6) is 0 Å². The molecule has 6 nitrogen and oxygen atoms in total. The number of piperidine rings is 1. The summed E-state index contributed by atoms with van der Waals surface area (Å²) in [5.41, 5.74) is 4.35. The number of fused-ring (bicyclic) bond motifs is 1. The van der Waals surface area contributed by atoms with Gasteiger partial charge in [0.25, 0.3) is 5.91 Å². The third kappa shape index (κ3) is 8.36. The van der Waals surface area contributed by atoms with Crippen molar-refractivity contribution in [1.29, 1.82) is 0 Å². The fourth-order valence-electron chi connectivity index (χ4n) is 3.17. The minimum Gasteiger partial charge on any atom is -0.348 e. The normalized spacial score (nSPS) is 16.6. The van der Waals surface area contributed by atoms with Crippen LogP contribution in [0.4, 0.5) is 5.69 Å². The second-order valence-corrected chi connectivity index (χ2v) is 8.26. The largest absolute Gasteiger partial charge is 0.348 e. The van der Waals surface area contributed by atoms with Crippen LogP contribution < -0.4 is 10.7 Å². The average molecular weight is 475 g/mol. The molecule has 0 bridgehead atoms. The van der Waals surface area contributed by atoms with Gasteiger partial charge in [-0.25, -0.2) is 5.43 Å². The van der Waals surface area contributed by atoms with Gasteiger partial charge in [0.1, 0.15) is 5.84 Å². The highest BCUT2D eigenvalue weighted by molar-refractivity contribution is 6.31. The van der Waals surface area contributed by atoms with E-state index < -0.39 is 0 Å². The topological polar surface area (TPSA) is 73.8 Å². The van der Waals surface area contributed by atoms with Gasteiger partial charge in [0.05, 0.1) is 12.5 Å². The van der Waals surface area contributed by atoms with Crippen LogP contribution >= 0.6 is 23.2 Å². The molecule has 1 unspecified atom stereocenters. The Morgan fingerprint density at radius 2 is 1.88 bits per heavy atom. The predicted molar refractivity (Wildman–Crippen MR) is 132 cm³/mol. The fourth-order valence-corrected chi connectivity index (χ4v) is 3.61. The van der Waals surface area contributed by atoms with Gasteiger partial charge in [-0.05, 0) is 56.2 Å². The lowest BCUT2D eigenvalue weighted by Crippen LogP contribution is -2.51. The van der Waals surface area contributed by atoms with Crippen molar-refractivity contribution in [3.8, 4) is 0 Å². The zero-order valence-electron chi connectivity index (χ0n) is 18.3. The van der Waals surface area contributed by atoms with Gasteiger partial charge in [0.2, 0.25) is 5.91 Å². The standard InChI is InChI=1S/C14H15ClN4O2.C7H7Cl.C3H6/c15-10-2-1-3-11(6-10)16-14(21)9-4-5-12-17-18-13(20)8-19(12)7-9;1-6-3-2-4-7(8)5-6;1-3-2/h1-3,6,9H,4-5,7-8H2,(H,16,21)(H,18,20);2-5H,1H3;3H,1H2,2H3. The number of carbonyl (C=O) groups is 2.